The van der Waals surface area contributed by atoms with E-state index < -0.39 is 0 Å². The molecule has 0 radical (unpaired) electrons. The van der Waals surface area contributed by atoms with Gasteiger partial charge < -0.3 is 10.5 Å². The van der Waals surface area contributed by atoms with Crippen LogP contribution < -0.4 is 10.5 Å². The molecule has 18 heavy (non-hydrogen) atoms. The van der Waals surface area contributed by atoms with Gasteiger partial charge in [0, 0.05) is 10.9 Å². The van der Waals surface area contributed by atoms with E-state index in [1.165, 1.54) is 0 Å². The van der Waals surface area contributed by atoms with Crippen molar-refractivity contribution in [2.75, 3.05) is 7.11 Å². The van der Waals surface area contributed by atoms with Gasteiger partial charge in [-0.3, -0.25) is 0 Å². The third-order valence-electron chi connectivity index (χ3n) is 2.65. The minimum Gasteiger partial charge on any atom is -0.496 e. The van der Waals surface area contributed by atoms with Crippen molar-refractivity contribution >= 4 is 38.9 Å². The van der Waals surface area contributed by atoms with Gasteiger partial charge in [0.15, 0.2) is 0 Å². The second-order valence-electron chi connectivity index (χ2n) is 3.91. The van der Waals surface area contributed by atoms with E-state index in [9.17, 15) is 0 Å². The third kappa shape index (κ3) is 3.06. The smallest absolute Gasteiger partial charge is 0.133 e. The number of halogens is 2. The van der Waals surface area contributed by atoms with Crippen LogP contribution in [0.4, 0.5) is 0 Å². The van der Waals surface area contributed by atoms with Gasteiger partial charge in [0.25, 0.3) is 0 Å². The molecule has 2 N–H and O–H groups in total. The number of methoxy groups -OCH3 is 1. The van der Waals surface area contributed by atoms with Crippen molar-refractivity contribution in [1.82, 2.24) is 0 Å². The van der Waals surface area contributed by atoms with Gasteiger partial charge in [-0.05, 0) is 51.5 Å². The fourth-order valence-corrected chi connectivity index (χ4v) is 3.54. The standard InChI is InChI=1S/C13H13BrClNOS/c1-17-12-3-2-8(6-9(12)14)7-11(16)13-10(15)4-5-18-13/h2-6,11H,7,16H2,1H3. The molecule has 5 heteroatoms. The normalized spacial score (nSPS) is 12.4. The van der Waals surface area contributed by atoms with Crippen molar-refractivity contribution in [3.05, 3.63) is 49.6 Å². The number of thiophene rings is 1. The van der Waals surface area contributed by atoms with Crippen molar-refractivity contribution in [2.45, 2.75) is 12.5 Å². The molecule has 96 valence electrons. The monoisotopic (exact) mass is 345 g/mol. The summed E-state index contributed by atoms with van der Waals surface area (Å²) >= 11 is 11.1. The van der Waals surface area contributed by atoms with E-state index >= 15 is 0 Å². The van der Waals surface area contributed by atoms with Gasteiger partial charge in [0.1, 0.15) is 5.75 Å². The third-order valence-corrected chi connectivity index (χ3v) is 4.76. The molecule has 0 spiro atoms. The van der Waals surface area contributed by atoms with Crippen molar-refractivity contribution < 1.29 is 4.74 Å². The number of hydrogen-bond donors (Lipinski definition) is 1. The van der Waals surface area contributed by atoms with Crippen molar-refractivity contribution in [3.63, 3.8) is 0 Å². The second-order valence-corrected chi connectivity index (χ2v) is 6.12. The second kappa shape index (κ2) is 6.06. The zero-order valence-corrected chi connectivity index (χ0v) is 13.0. The Morgan fingerprint density at radius 1 is 1.44 bits per heavy atom. The minimum atomic E-state index is -0.0715. The van der Waals surface area contributed by atoms with E-state index in [0.717, 1.165) is 32.1 Å². The molecule has 0 aliphatic heterocycles. The number of ether oxygens (including phenoxy) is 1. The molecule has 0 saturated carbocycles. The maximum Gasteiger partial charge on any atom is 0.133 e. The molecular formula is C13H13BrClNOS. The quantitative estimate of drug-likeness (QED) is 0.889. The highest BCUT2D eigenvalue weighted by atomic mass is 79.9. The maximum absolute atomic E-state index is 6.17. The molecular weight excluding hydrogens is 334 g/mol. The Bertz CT molecular complexity index is 544. The van der Waals surface area contributed by atoms with Gasteiger partial charge in [0.2, 0.25) is 0 Å². The first-order valence-corrected chi connectivity index (χ1v) is 7.47. The fourth-order valence-electron chi connectivity index (χ4n) is 1.75. The van der Waals surface area contributed by atoms with Crippen molar-refractivity contribution in [3.8, 4) is 5.75 Å². The number of hydrogen-bond acceptors (Lipinski definition) is 3. The van der Waals surface area contributed by atoms with Crippen molar-refractivity contribution in [2.24, 2.45) is 5.73 Å². The van der Waals surface area contributed by atoms with Crippen LogP contribution in [0.5, 0.6) is 5.75 Å². The Kier molecular flexibility index (Phi) is 4.67. The van der Waals surface area contributed by atoms with E-state index in [0.29, 0.717) is 0 Å². The van der Waals surface area contributed by atoms with Crippen LogP contribution in [0.2, 0.25) is 5.02 Å². The van der Waals surface area contributed by atoms with Crippen LogP contribution in [0.25, 0.3) is 0 Å². The number of rotatable bonds is 4. The molecule has 0 saturated heterocycles. The topological polar surface area (TPSA) is 35.2 Å². The molecule has 1 heterocycles. The predicted octanol–water partition coefficient (Wildman–Crippen LogP) is 4.42. The average Bonchev–Trinajstić information content (AvgIpc) is 2.76. The number of benzene rings is 1. The van der Waals surface area contributed by atoms with Crippen LogP contribution in [-0.2, 0) is 6.42 Å². The summed E-state index contributed by atoms with van der Waals surface area (Å²) in [5.74, 6) is 0.821. The van der Waals surface area contributed by atoms with Crippen LogP contribution in [0.3, 0.4) is 0 Å². The molecule has 1 unspecified atom stereocenters. The molecule has 1 aromatic heterocycles. The fraction of sp³-hybridized carbons (Fsp3) is 0.231. The molecule has 0 fully saturated rings. The summed E-state index contributed by atoms with van der Waals surface area (Å²) in [6.07, 6.45) is 0.753. The first-order valence-electron chi connectivity index (χ1n) is 5.42. The molecule has 2 nitrogen and oxygen atoms in total. The first-order chi connectivity index (χ1) is 8.61. The van der Waals surface area contributed by atoms with Crippen LogP contribution in [-0.4, -0.2) is 7.11 Å². The highest BCUT2D eigenvalue weighted by Crippen LogP contribution is 2.31. The summed E-state index contributed by atoms with van der Waals surface area (Å²) < 4.78 is 6.14. The van der Waals surface area contributed by atoms with Crippen LogP contribution >= 0.6 is 38.9 Å². The summed E-state index contributed by atoms with van der Waals surface area (Å²) in [6, 6.07) is 7.79. The van der Waals surface area contributed by atoms with Crippen LogP contribution in [0.1, 0.15) is 16.5 Å². The maximum atomic E-state index is 6.17. The molecule has 0 aliphatic carbocycles. The molecule has 2 aromatic rings. The van der Waals surface area contributed by atoms with Gasteiger partial charge in [-0.15, -0.1) is 11.3 Å². The lowest BCUT2D eigenvalue weighted by Gasteiger charge is -2.12. The highest BCUT2D eigenvalue weighted by molar-refractivity contribution is 9.10. The van der Waals surface area contributed by atoms with E-state index in [1.54, 1.807) is 18.4 Å². The van der Waals surface area contributed by atoms with Gasteiger partial charge in [-0.2, -0.15) is 0 Å². The van der Waals surface area contributed by atoms with Gasteiger partial charge >= 0.3 is 0 Å². The summed E-state index contributed by atoms with van der Waals surface area (Å²) in [6.45, 7) is 0. The highest BCUT2D eigenvalue weighted by Gasteiger charge is 2.13. The predicted molar refractivity (Wildman–Crippen MR) is 80.7 cm³/mol. The average molecular weight is 347 g/mol. The molecule has 1 atom stereocenters. The van der Waals surface area contributed by atoms with Gasteiger partial charge in [-0.1, -0.05) is 17.7 Å². The minimum absolute atomic E-state index is 0.0715. The number of nitrogens with two attached hydrogens (primary N) is 1. The summed E-state index contributed by atoms with van der Waals surface area (Å²) in [5, 5.41) is 2.71. The van der Waals surface area contributed by atoms with Gasteiger partial charge in [-0.25, -0.2) is 0 Å². The Hall–Kier alpha value is -0.550. The molecule has 0 amide bonds. The zero-order chi connectivity index (χ0) is 13.1. The SMILES string of the molecule is COc1ccc(CC(N)c2sccc2Cl)cc1Br. The molecule has 0 aliphatic rings. The van der Waals surface area contributed by atoms with E-state index in [1.807, 2.05) is 29.6 Å². The largest absolute Gasteiger partial charge is 0.496 e. The Labute approximate surface area is 124 Å². The first kappa shape index (κ1) is 13.9. The van der Waals surface area contributed by atoms with Crippen LogP contribution in [0, 0.1) is 0 Å². The lowest BCUT2D eigenvalue weighted by molar-refractivity contribution is 0.412. The summed E-state index contributed by atoms with van der Waals surface area (Å²) in [5.41, 5.74) is 7.32. The zero-order valence-electron chi connectivity index (χ0n) is 9.82. The van der Waals surface area contributed by atoms with E-state index in [2.05, 4.69) is 15.9 Å². The van der Waals surface area contributed by atoms with Crippen LogP contribution in [0.15, 0.2) is 34.1 Å². The summed E-state index contributed by atoms with van der Waals surface area (Å²) in [7, 11) is 1.65. The molecule has 1 aromatic carbocycles. The lowest BCUT2D eigenvalue weighted by atomic mass is 10.1. The van der Waals surface area contributed by atoms with Crippen molar-refractivity contribution in [1.29, 1.82) is 0 Å². The van der Waals surface area contributed by atoms with E-state index in [4.69, 9.17) is 22.1 Å². The summed E-state index contributed by atoms with van der Waals surface area (Å²) in [4.78, 5) is 1.03. The molecule has 0 bridgehead atoms. The Morgan fingerprint density at radius 3 is 2.78 bits per heavy atom. The Morgan fingerprint density at radius 2 is 2.22 bits per heavy atom. The van der Waals surface area contributed by atoms with Gasteiger partial charge in [0.05, 0.1) is 16.6 Å². The lowest BCUT2D eigenvalue weighted by Crippen LogP contribution is -2.12. The Balaban J connectivity index is 2.15. The van der Waals surface area contributed by atoms with E-state index in [-0.39, 0.29) is 6.04 Å². The molecule has 2 rings (SSSR count).